The van der Waals surface area contributed by atoms with Crippen molar-refractivity contribution in [3.8, 4) is 0 Å². The number of aliphatic hydroxyl groups excluding tert-OH is 2. The van der Waals surface area contributed by atoms with Gasteiger partial charge in [-0.05, 0) is 58.0 Å². The van der Waals surface area contributed by atoms with E-state index in [1.54, 1.807) is 0 Å². The maximum Gasteiger partial charge on any atom is 0.131 e. The van der Waals surface area contributed by atoms with Crippen LogP contribution in [0.25, 0.3) is 32.6 Å². The zero-order valence-electron chi connectivity index (χ0n) is 32.3. The average Bonchev–Trinajstić information content (AvgIpc) is 3.26. The van der Waals surface area contributed by atoms with Crippen LogP contribution in [0, 0.1) is 23.7 Å². The van der Waals surface area contributed by atoms with Crippen LogP contribution in [0.5, 0.6) is 0 Å². The van der Waals surface area contributed by atoms with Crippen molar-refractivity contribution < 1.29 is 19.2 Å². The molecule has 10 atom stereocenters. The van der Waals surface area contributed by atoms with Crippen molar-refractivity contribution >= 4 is 32.6 Å². The number of fused-ring (bicyclic) bond motifs is 9. The first kappa shape index (κ1) is 35.7. The summed E-state index contributed by atoms with van der Waals surface area (Å²) in [4.78, 5) is 9.25. The van der Waals surface area contributed by atoms with Gasteiger partial charge < -0.3 is 19.2 Å². The zero-order valence-corrected chi connectivity index (χ0v) is 32.3. The molecule has 6 aliphatic rings. The van der Waals surface area contributed by atoms with Crippen LogP contribution in [0.15, 0.2) is 135 Å². The molecule has 56 heavy (non-hydrogen) atoms. The molecule has 0 spiro atoms. The number of hydrogen-bond acceptors (Lipinski definition) is 4. The third-order valence-electron chi connectivity index (χ3n) is 15.2. The number of piperidine rings is 6. The van der Waals surface area contributed by atoms with Gasteiger partial charge in [0.1, 0.15) is 37.4 Å². The van der Waals surface area contributed by atoms with Gasteiger partial charge in [0.15, 0.2) is 0 Å². The van der Waals surface area contributed by atoms with E-state index in [0.29, 0.717) is 23.7 Å². The molecule has 0 aliphatic carbocycles. The van der Waals surface area contributed by atoms with Crippen LogP contribution >= 0.6 is 0 Å². The van der Waals surface area contributed by atoms with E-state index in [1.807, 2.05) is 48.8 Å². The van der Waals surface area contributed by atoms with Crippen LogP contribution in [0.3, 0.4) is 0 Å². The number of para-hydroxylation sites is 2. The lowest BCUT2D eigenvalue weighted by atomic mass is 9.70. The summed E-state index contributed by atoms with van der Waals surface area (Å²) >= 11 is 0. The Morgan fingerprint density at radius 1 is 0.571 bits per heavy atom. The summed E-state index contributed by atoms with van der Waals surface area (Å²) in [7, 11) is 0. The highest BCUT2D eigenvalue weighted by Crippen LogP contribution is 2.50. The fourth-order valence-electron chi connectivity index (χ4n) is 12.3. The Morgan fingerprint density at radius 3 is 1.41 bits per heavy atom. The van der Waals surface area contributed by atoms with Gasteiger partial charge in [-0.1, -0.05) is 84.9 Å². The van der Waals surface area contributed by atoms with Gasteiger partial charge in [-0.25, -0.2) is 0 Å². The maximum absolute atomic E-state index is 12.4. The van der Waals surface area contributed by atoms with Gasteiger partial charge in [0.25, 0.3) is 0 Å². The van der Waals surface area contributed by atoms with Crippen molar-refractivity contribution in [2.75, 3.05) is 26.2 Å². The number of hydrogen-bond donors (Lipinski definition) is 2. The molecule has 4 aromatic carbocycles. The van der Waals surface area contributed by atoms with Crippen molar-refractivity contribution in [1.29, 1.82) is 0 Å². The predicted molar refractivity (Wildman–Crippen MR) is 225 cm³/mol. The first-order valence-corrected chi connectivity index (χ1v) is 20.9. The van der Waals surface area contributed by atoms with Crippen LogP contribution in [0.4, 0.5) is 0 Å². The van der Waals surface area contributed by atoms with Crippen molar-refractivity contribution in [2.45, 2.75) is 63.1 Å². The molecule has 0 amide bonds. The molecule has 284 valence electrons. The zero-order chi connectivity index (χ0) is 38.0. The van der Waals surface area contributed by atoms with E-state index >= 15 is 0 Å². The molecule has 2 N–H and O–H groups in total. The quantitative estimate of drug-likeness (QED) is 0.109. The van der Waals surface area contributed by atoms with Gasteiger partial charge in [0.05, 0.1) is 37.2 Å². The largest absolute Gasteiger partial charge is 0.382 e. The maximum atomic E-state index is 12.4. The topological polar surface area (TPSA) is 66.2 Å². The Hall–Kier alpha value is -4.72. The standard InChI is InChI=1S/C50H54N4O2/c1-3-33-29-53(25-21-35(33)27-47(53)49(55)43-19-23-51-45-15-9-7-13-41(43)45)31-37-17-18-38(40-12-6-5-11-39(37)40)32-54-26-22-36(34(4-2)30-54)28-48(54)50(56)44-20-24-52-46-16-10-8-14-42(44)46/h3-20,23-24,33-36,47-50,55-56H,1-2,21-22,25-32H2/q+2. The lowest BCUT2D eigenvalue weighted by molar-refractivity contribution is -0.985. The van der Waals surface area contributed by atoms with E-state index in [2.05, 4.69) is 95.9 Å². The van der Waals surface area contributed by atoms with Gasteiger partial charge in [-0.3, -0.25) is 9.97 Å². The normalized spacial score (nSPS) is 30.8. The molecule has 6 nitrogen and oxygen atoms in total. The van der Waals surface area contributed by atoms with Crippen molar-refractivity contribution in [3.63, 3.8) is 0 Å². The minimum Gasteiger partial charge on any atom is -0.382 e. The molecular weight excluding hydrogens is 689 g/mol. The Bertz CT molecular complexity index is 2280. The highest BCUT2D eigenvalue weighted by Gasteiger charge is 2.55. The molecule has 2 aromatic heterocycles. The van der Waals surface area contributed by atoms with Crippen LogP contribution in [0.1, 0.15) is 60.1 Å². The number of aromatic nitrogens is 2. The number of rotatable bonds is 10. The first-order chi connectivity index (χ1) is 27.4. The Labute approximate surface area is 330 Å². The Morgan fingerprint density at radius 2 is 0.982 bits per heavy atom. The minimum absolute atomic E-state index is 0.0875. The number of benzene rings is 4. The summed E-state index contributed by atoms with van der Waals surface area (Å²) in [5.41, 5.74) is 6.56. The number of quaternary nitrogens is 2. The highest BCUT2D eigenvalue weighted by molar-refractivity contribution is 5.88. The number of aliphatic hydroxyl groups is 2. The smallest absolute Gasteiger partial charge is 0.131 e. The second-order valence-electron chi connectivity index (χ2n) is 17.7. The molecule has 4 bridgehead atoms. The average molecular weight is 743 g/mol. The highest BCUT2D eigenvalue weighted by atomic mass is 16.3. The van der Waals surface area contributed by atoms with Crippen LogP contribution in [-0.4, -0.2) is 67.4 Å². The van der Waals surface area contributed by atoms with Gasteiger partial charge in [0, 0.05) is 71.8 Å². The van der Waals surface area contributed by atoms with Crippen LogP contribution < -0.4 is 0 Å². The molecule has 6 saturated heterocycles. The summed E-state index contributed by atoms with van der Waals surface area (Å²) in [5, 5.41) is 29.6. The first-order valence-electron chi connectivity index (χ1n) is 20.9. The van der Waals surface area contributed by atoms with E-state index < -0.39 is 12.2 Å². The molecule has 0 radical (unpaired) electrons. The van der Waals surface area contributed by atoms with E-state index in [4.69, 9.17) is 0 Å². The predicted octanol–water partition coefficient (Wildman–Crippen LogP) is 9.23. The molecule has 6 aromatic rings. The van der Waals surface area contributed by atoms with E-state index in [1.165, 1.54) is 21.9 Å². The second kappa shape index (κ2) is 14.0. The summed E-state index contributed by atoms with van der Waals surface area (Å²) in [6, 6.07) is 34.5. The molecule has 6 aliphatic heterocycles. The SMILES string of the molecule is C=CC1C[N+]2(Cc3ccc(C[N+]45CCC(CC4C(O)c4ccnc6ccccc46)C(C=C)C5)c4ccccc34)CCC1CC2C(O)c1ccnc2ccccc12. The lowest BCUT2D eigenvalue weighted by Crippen LogP contribution is -2.67. The fourth-order valence-corrected chi connectivity index (χ4v) is 12.3. The summed E-state index contributed by atoms with van der Waals surface area (Å²) < 4.78 is 1.73. The third-order valence-corrected chi connectivity index (χ3v) is 15.2. The fraction of sp³-hybridized carbons (Fsp3) is 0.360. The van der Waals surface area contributed by atoms with E-state index in [-0.39, 0.29) is 12.1 Å². The number of nitrogens with zero attached hydrogens (tertiary/aromatic N) is 4. The van der Waals surface area contributed by atoms with Crippen molar-refractivity contribution in [3.05, 3.63) is 157 Å². The molecule has 6 fully saturated rings. The Kier molecular flexibility index (Phi) is 8.94. The van der Waals surface area contributed by atoms with E-state index in [0.717, 1.165) is 107 Å². The molecule has 8 heterocycles. The van der Waals surface area contributed by atoms with Gasteiger partial charge in [0.2, 0.25) is 0 Å². The monoisotopic (exact) mass is 742 g/mol. The van der Waals surface area contributed by atoms with Gasteiger partial charge >= 0.3 is 0 Å². The summed E-state index contributed by atoms with van der Waals surface area (Å²) in [5.74, 6) is 2.00. The van der Waals surface area contributed by atoms with Gasteiger partial charge in [-0.2, -0.15) is 0 Å². The molecule has 6 heteroatoms. The molecule has 12 rings (SSSR count). The third kappa shape index (κ3) is 5.75. The molecular formula is C50H54N4O2+2. The van der Waals surface area contributed by atoms with Crippen molar-refractivity contribution in [1.82, 2.24) is 9.97 Å². The van der Waals surface area contributed by atoms with Gasteiger partial charge in [-0.15, -0.1) is 13.2 Å². The molecule has 10 unspecified atom stereocenters. The lowest BCUT2D eigenvalue weighted by Gasteiger charge is -2.58. The van der Waals surface area contributed by atoms with Crippen LogP contribution in [0.2, 0.25) is 0 Å². The van der Waals surface area contributed by atoms with Crippen LogP contribution in [-0.2, 0) is 13.1 Å². The minimum atomic E-state index is -0.585. The second-order valence-corrected chi connectivity index (χ2v) is 17.7. The summed E-state index contributed by atoms with van der Waals surface area (Å²) in [6.07, 6.45) is 11.2. The van der Waals surface area contributed by atoms with E-state index in [9.17, 15) is 10.2 Å². The Balaban J connectivity index is 1.02. The number of pyridine rings is 2. The molecule has 0 saturated carbocycles. The summed E-state index contributed by atoms with van der Waals surface area (Å²) in [6.45, 7) is 14.5. The van der Waals surface area contributed by atoms with Crippen molar-refractivity contribution in [2.24, 2.45) is 23.7 Å².